The molecule has 0 rings (SSSR count). The first-order chi connectivity index (χ1) is 7.46. The fourth-order valence-corrected chi connectivity index (χ4v) is 1.33. The Morgan fingerprint density at radius 3 is 0.833 bits per heavy atom. The summed E-state index contributed by atoms with van der Waals surface area (Å²) in [6, 6.07) is 0. The molecule has 0 spiro atoms. The van der Waals surface area contributed by atoms with E-state index >= 15 is 0 Å². The largest absolute Gasteiger partial charge is 0.437 e. The molecular weight excluding hydrogens is 324 g/mol. The molecule has 0 fully saturated rings. The van der Waals surface area contributed by atoms with Gasteiger partial charge >= 0.3 is 35.6 Å². The molecule has 0 aromatic carbocycles. The smallest absolute Gasteiger partial charge is 0.226 e. The Bertz CT molecular complexity index is 255. The number of halogens is 12. The minimum atomic E-state index is -7.69. The quantitative estimate of drug-likeness (QED) is 0.663. The number of hydrogen-bond acceptors (Lipinski definition) is 1. The zero-order valence-electron chi connectivity index (χ0n) is 7.35. The topological polar surface area (TPSA) is 9.23 Å². The zero-order chi connectivity index (χ0) is 15.2. The van der Waals surface area contributed by atoms with Gasteiger partial charge in [0, 0.05) is 0 Å². The molecule has 0 saturated heterocycles. The molecule has 0 heterocycles. The summed E-state index contributed by atoms with van der Waals surface area (Å²) in [4.78, 5) is 0. The Morgan fingerprint density at radius 1 is 0.556 bits per heavy atom. The van der Waals surface area contributed by atoms with Crippen LogP contribution < -0.4 is 0 Å². The lowest BCUT2D eigenvalue weighted by Gasteiger charge is -2.38. The van der Waals surface area contributed by atoms with Crippen LogP contribution in [-0.2, 0) is 4.18 Å². The van der Waals surface area contributed by atoms with Crippen molar-refractivity contribution < 1.29 is 55.4 Å². The van der Waals surface area contributed by atoms with Crippen molar-refractivity contribution in [1.82, 2.24) is 0 Å². The highest BCUT2D eigenvalue weighted by Gasteiger charge is 2.87. The maximum Gasteiger partial charge on any atom is 0.437 e. The van der Waals surface area contributed by atoms with Gasteiger partial charge < -0.3 is 0 Å². The highest BCUT2D eigenvalue weighted by Crippen LogP contribution is 2.66. The van der Waals surface area contributed by atoms with Gasteiger partial charge in [0.05, 0.1) is 0 Å². The van der Waals surface area contributed by atoms with Gasteiger partial charge in [0.15, 0.2) is 0 Å². The van der Waals surface area contributed by atoms with Crippen LogP contribution in [0.25, 0.3) is 0 Å². The normalized spacial score (nSPS) is 16.9. The van der Waals surface area contributed by atoms with Gasteiger partial charge in [-0.1, -0.05) is 11.7 Å². The number of alkyl halides is 9. The lowest BCUT2D eigenvalue weighted by atomic mass is 10.0. The van der Waals surface area contributed by atoms with Gasteiger partial charge in [-0.25, -0.2) is 4.18 Å². The minimum absolute atomic E-state index is 1.43. The van der Waals surface area contributed by atoms with Crippen LogP contribution in [0.15, 0.2) is 0 Å². The Balaban J connectivity index is 6.10. The molecule has 0 radical (unpaired) electrons. The van der Waals surface area contributed by atoms with Crippen LogP contribution in [0.4, 0.5) is 51.2 Å². The van der Waals surface area contributed by atoms with Crippen molar-refractivity contribution in [2.24, 2.45) is 0 Å². The van der Waals surface area contributed by atoms with Crippen LogP contribution in [0.3, 0.4) is 0 Å². The first-order valence-electron chi connectivity index (χ1n) is 3.28. The first-order valence-corrected chi connectivity index (χ1v) is 4.54. The molecule has 0 bridgehead atoms. The first kappa shape index (κ1) is 17.5. The van der Waals surface area contributed by atoms with Crippen LogP contribution in [0, 0.1) is 0 Å². The summed E-state index contributed by atoms with van der Waals surface area (Å²) in [5, 5.41) is 0. The van der Waals surface area contributed by atoms with Gasteiger partial charge in [-0.2, -0.15) is 39.5 Å². The molecule has 14 heteroatoms. The summed E-state index contributed by atoms with van der Waals surface area (Å²) in [7, 11) is 0. The van der Waals surface area contributed by atoms with Crippen molar-refractivity contribution in [3.63, 3.8) is 0 Å². The van der Waals surface area contributed by atoms with Crippen LogP contribution >= 0.6 is 11.5 Å². The van der Waals surface area contributed by atoms with Crippen molar-refractivity contribution in [2.45, 2.75) is 24.1 Å². The predicted octanol–water partition coefficient (Wildman–Crippen LogP) is 4.80. The Morgan fingerprint density at radius 2 is 0.778 bits per heavy atom. The maximum atomic E-state index is 11.8. The van der Waals surface area contributed by atoms with E-state index in [2.05, 4.69) is 0 Å². The molecule has 0 aliphatic heterocycles. The second-order valence-corrected chi connectivity index (χ2v) is 3.52. The molecule has 0 saturated carbocycles. The summed E-state index contributed by atoms with van der Waals surface area (Å²) >= 11 is -7.69. The van der Waals surface area contributed by atoms with Gasteiger partial charge in [0.2, 0.25) is 0 Å². The lowest BCUT2D eigenvalue weighted by Crippen LogP contribution is -2.67. The summed E-state index contributed by atoms with van der Waals surface area (Å²) in [5.41, 5.74) is -7.29. The molecule has 0 aromatic heterocycles. The summed E-state index contributed by atoms with van der Waals surface area (Å²) in [6.45, 7) is 0. The highest BCUT2D eigenvalue weighted by molar-refractivity contribution is 8.16. The fraction of sp³-hybridized carbons (Fsp3) is 1.00. The third-order valence-corrected chi connectivity index (χ3v) is 1.86. The standard InChI is InChI=1S/C4F12OS/c5-2(6,7)1(3(8,9)10,4(11,12)13)17-18(14,15)16. The van der Waals surface area contributed by atoms with E-state index < -0.39 is 35.6 Å². The average Bonchev–Trinajstić information content (AvgIpc) is 1.90. The van der Waals surface area contributed by atoms with Crippen molar-refractivity contribution in [1.29, 1.82) is 0 Å². The predicted molar refractivity (Wildman–Crippen MR) is 32.9 cm³/mol. The molecular formula is C4F12OS. The second kappa shape index (κ2) is 4.25. The van der Waals surface area contributed by atoms with Gasteiger partial charge in [-0.05, 0) is 0 Å². The Kier molecular flexibility index (Phi) is 4.12. The Hall–Kier alpha value is -0.530. The molecule has 0 aromatic rings. The molecule has 0 atom stereocenters. The molecule has 18 heavy (non-hydrogen) atoms. The fourth-order valence-electron chi connectivity index (χ4n) is 0.766. The number of hydrogen-bond donors (Lipinski definition) is 0. The molecule has 112 valence electrons. The van der Waals surface area contributed by atoms with Gasteiger partial charge in [-0.15, -0.1) is 0 Å². The van der Waals surface area contributed by atoms with Gasteiger partial charge in [0.1, 0.15) is 0 Å². The second-order valence-electron chi connectivity index (χ2n) is 2.62. The Labute approximate surface area is 92.1 Å². The van der Waals surface area contributed by atoms with Gasteiger partial charge in [-0.3, -0.25) is 0 Å². The molecule has 0 aliphatic carbocycles. The van der Waals surface area contributed by atoms with Crippen LogP contribution in [0.1, 0.15) is 0 Å². The van der Waals surface area contributed by atoms with E-state index in [4.69, 9.17) is 0 Å². The summed E-state index contributed by atoms with van der Waals surface area (Å²) in [5.74, 6) is 0. The molecule has 0 N–H and O–H groups in total. The van der Waals surface area contributed by atoms with Crippen molar-refractivity contribution in [3.05, 3.63) is 0 Å². The van der Waals surface area contributed by atoms with Crippen molar-refractivity contribution in [2.75, 3.05) is 0 Å². The van der Waals surface area contributed by atoms with Crippen molar-refractivity contribution in [3.8, 4) is 0 Å². The van der Waals surface area contributed by atoms with E-state index in [1.807, 2.05) is 0 Å². The summed E-state index contributed by atoms with van der Waals surface area (Å²) in [6.07, 6.45) is -22.1. The van der Waals surface area contributed by atoms with E-state index in [1.54, 1.807) is 0 Å². The van der Waals surface area contributed by atoms with Crippen LogP contribution in [0.2, 0.25) is 0 Å². The molecule has 1 nitrogen and oxygen atoms in total. The zero-order valence-corrected chi connectivity index (χ0v) is 8.17. The third-order valence-electron chi connectivity index (χ3n) is 1.42. The minimum Gasteiger partial charge on any atom is -0.226 e. The average molecular weight is 324 g/mol. The SMILES string of the molecule is FC(F)(F)C(OS(F)(F)F)(C(F)(F)F)C(F)(F)F. The number of rotatable bonds is 2. The van der Waals surface area contributed by atoms with E-state index in [-0.39, 0.29) is 0 Å². The van der Waals surface area contributed by atoms with Crippen LogP contribution in [-0.4, -0.2) is 24.1 Å². The molecule has 0 aliphatic rings. The van der Waals surface area contributed by atoms with Gasteiger partial charge in [0.25, 0.3) is 0 Å². The molecule has 0 amide bonds. The van der Waals surface area contributed by atoms with Crippen molar-refractivity contribution >= 4 is 11.5 Å². The lowest BCUT2D eigenvalue weighted by molar-refractivity contribution is -0.437. The van der Waals surface area contributed by atoms with E-state index in [0.717, 1.165) is 0 Å². The van der Waals surface area contributed by atoms with E-state index in [1.165, 1.54) is 4.18 Å². The summed E-state index contributed by atoms with van der Waals surface area (Å²) < 4.78 is 143. The highest BCUT2D eigenvalue weighted by atomic mass is 32.4. The monoisotopic (exact) mass is 324 g/mol. The third kappa shape index (κ3) is 3.07. The van der Waals surface area contributed by atoms with E-state index in [9.17, 15) is 51.2 Å². The van der Waals surface area contributed by atoms with Crippen LogP contribution in [0.5, 0.6) is 0 Å². The van der Waals surface area contributed by atoms with E-state index in [0.29, 0.717) is 0 Å². The maximum absolute atomic E-state index is 11.8. The molecule has 0 unspecified atom stereocenters.